The molecule has 4 atom stereocenters. The first-order valence-corrected chi connectivity index (χ1v) is 8.47. The highest BCUT2D eigenvalue weighted by atomic mass is 16.8. The van der Waals surface area contributed by atoms with Gasteiger partial charge in [-0.05, 0) is 20.8 Å². The number of nitriles is 1. The molecule has 0 radical (unpaired) electrons. The van der Waals surface area contributed by atoms with E-state index in [1.54, 1.807) is 18.4 Å². The molecule has 2 aromatic rings. The molecule has 2 aliphatic rings. The van der Waals surface area contributed by atoms with Gasteiger partial charge in [0.15, 0.2) is 35.1 Å². The number of rotatable bonds is 4. The van der Waals surface area contributed by atoms with Gasteiger partial charge in [-0.3, -0.25) is 4.57 Å². The van der Waals surface area contributed by atoms with Crippen molar-refractivity contribution in [3.63, 3.8) is 0 Å². The summed E-state index contributed by atoms with van der Waals surface area (Å²) >= 11 is 0. The van der Waals surface area contributed by atoms with Crippen molar-refractivity contribution < 1.29 is 24.1 Å². The molecule has 2 N–H and O–H groups in total. The fraction of sp³-hybridized carbons (Fsp3) is 0.562. The minimum absolute atomic E-state index is 0.0338. The Bertz CT molecular complexity index is 951. The van der Waals surface area contributed by atoms with Gasteiger partial charge in [-0.2, -0.15) is 15.2 Å². The van der Waals surface area contributed by atoms with Crippen LogP contribution in [-0.2, 0) is 19.0 Å². The summed E-state index contributed by atoms with van der Waals surface area (Å²) in [5, 5.41) is 21.8. The summed E-state index contributed by atoms with van der Waals surface area (Å²) in [5.74, 6) is -1.69. The van der Waals surface area contributed by atoms with Gasteiger partial charge < -0.3 is 24.6 Å². The molecule has 0 bridgehead atoms. The van der Waals surface area contributed by atoms with Crippen molar-refractivity contribution in [3.05, 3.63) is 12.2 Å². The highest BCUT2D eigenvalue weighted by molar-refractivity contribution is 5.83. The Morgan fingerprint density at radius 1 is 1.41 bits per heavy atom. The van der Waals surface area contributed by atoms with Crippen LogP contribution in [0.4, 0.5) is 5.82 Å². The summed E-state index contributed by atoms with van der Waals surface area (Å²) in [6, 6.07) is 1.92. The Morgan fingerprint density at radius 3 is 2.81 bits per heavy atom. The van der Waals surface area contributed by atoms with Crippen molar-refractivity contribution >= 4 is 23.0 Å². The molecule has 2 fully saturated rings. The molecule has 142 valence electrons. The lowest BCUT2D eigenvalue weighted by atomic mass is 10.1. The lowest BCUT2D eigenvalue weighted by Gasteiger charge is -2.23. The predicted octanol–water partition coefficient (Wildman–Crippen LogP) is 0.632. The van der Waals surface area contributed by atoms with Crippen LogP contribution in [0.5, 0.6) is 0 Å². The van der Waals surface area contributed by atoms with E-state index in [0.29, 0.717) is 23.5 Å². The standard InChI is InChI=1S/C16H18N6O5/c1-4-18-12-8-13(21-7(5-17)20-12)22(6-19-8)14-10-9(11(25-14)15(23)24)26-16(2,3)27-10/h6,9-11,14H,4H2,1-3H3,(H,23,24)(H,18,20,21)/t9-,10+,11-,14+/m0/s1. The van der Waals surface area contributed by atoms with Crippen LogP contribution < -0.4 is 5.32 Å². The van der Waals surface area contributed by atoms with Gasteiger partial charge in [-0.25, -0.2) is 9.78 Å². The summed E-state index contributed by atoms with van der Waals surface area (Å²) in [6.07, 6.45) is -1.97. The maximum atomic E-state index is 11.6. The highest BCUT2D eigenvalue weighted by Gasteiger charge is 2.58. The van der Waals surface area contributed by atoms with Crippen LogP contribution in [0.1, 0.15) is 32.8 Å². The SMILES string of the molecule is CCNc1nc(C#N)nc2c1ncn2[C@@H]1O[C@H](C(=O)O)[C@H]2OC(C)(C)O[C@H]21. The minimum Gasteiger partial charge on any atom is -0.479 e. The highest BCUT2D eigenvalue weighted by Crippen LogP contribution is 2.43. The molecular weight excluding hydrogens is 356 g/mol. The zero-order chi connectivity index (χ0) is 19.3. The molecule has 11 heteroatoms. The van der Waals surface area contributed by atoms with Gasteiger partial charge in [0.25, 0.3) is 0 Å². The fourth-order valence-electron chi connectivity index (χ4n) is 3.44. The van der Waals surface area contributed by atoms with Gasteiger partial charge in [0.2, 0.25) is 5.82 Å². The molecule has 27 heavy (non-hydrogen) atoms. The van der Waals surface area contributed by atoms with Crippen LogP contribution in [-0.4, -0.2) is 61.2 Å². The third-order valence-electron chi connectivity index (χ3n) is 4.41. The second-order valence-corrected chi connectivity index (χ2v) is 6.71. The second-order valence-electron chi connectivity index (χ2n) is 6.71. The Kier molecular flexibility index (Phi) is 3.99. The smallest absolute Gasteiger partial charge is 0.335 e. The number of carboxylic acid groups (broad SMARTS) is 1. The third-order valence-corrected chi connectivity index (χ3v) is 4.41. The van der Waals surface area contributed by atoms with Gasteiger partial charge in [0, 0.05) is 6.54 Å². The number of aromatic nitrogens is 4. The minimum atomic E-state index is -1.19. The van der Waals surface area contributed by atoms with Crippen LogP contribution in [0.15, 0.2) is 6.33 Å². The molecule has 0 saturated carbocycles. The first kappa shape index (κ1) is 17.6. The van der Waals surface area contributed by atoms with Crippen molar-refractivity contribution in [3.8, 4) is 6.07 Å². The summed E-state index contributed by atoms with van der Waals surface area (Å²) in [6.45, 7) is 5.91. The van der Waals surface area contributed by atoms with Gasteiger partial charge in [-0.15, -0.1) is 0 Å². The number of fused-ring (bicyclic) bond motifs is 2. The van der Waals surface area contributed by atoms with Crippen molar-refractivity contribution in [2.24, 2.45) is 0 Å². The normalized spacial score (nSPS) is 28.8. The molecule has 0 aliphatic carbocycles. The summed E-state index contributed by atoms with van der Waals surface area (Å²) < 4.78 is 18.9. The largest absolute Gasteiger partial charge is 0.479 e. The molecule has 2 aromatic heterocycles. The van der Waals surface area contributed by atoms with E-state index in [9.17, 15) is 15.2 Å². The Balaban J connectivity index is 1.81. The van der Waals surface area contributed by atoms with Crippen LogP contribution in [0.2, 0.25) is 0 Å². The average Bonchev–Trinajstić information content (AvgIpc) is 3.25. The molecule has 2 saturated heterocycles. The van der Waals surface area contributed by atoms with Crippen molar-refractivity contribution in [2.75, 3.05) is 11.9 Å². The molecule has 2 aliphatic heterocycles. The van der Waals surface area contributed by atoms with E-state index in [1.165, 1.54) is 6.33 Å². The van der Waals surface area contributed by atoms with Gasteiger partial charge >= 0.3 is 5.97 Å². The number of carbonyl (C=O) groups is 1. The Labute approximate surface area is 153 Å². The number of imidazole rings is 1. The number of carboxylic acids is 1. The van der Waals surface area contributed by atoms with Crippen molar-refractivity contribution in [2.45, 2.75) is 51.1 Å². The average molecular weight is 374 g/mol. The molecule has 11 nitrogen and oxygen atoms in total. The van der Waals surface area contributed by atoms with Gasteiger partial charge in [-0.1, -0.05) is 0 Å². The van der Waals surface area contributed by atoms with E-state index in [-0.39, 0.29) is 5.82 Å². The lowest BCUT2D eigenvalue weighted by molar-refractivity contribution is -0.202. The maximum absolute atomic E-state index is 11.6. The molecular formula is C16H18N6O5. The van der Waals surface area contributed by atoms with E-state index in [4.69, 9.17) is 14.2 Å². The van der Waals surface area contributed by atoms with Crippen molar-refractivity contribution in [1.82, 2.24) is 19.5 Å². The Hall–Kier alpha value is -2.81. The van der Waals surface area contributed by atoms with E-state index in [0.717, 1.165) is 0 Å². The summed E-state index contributed by atoms with van der Waals surface area (Å²) in [5.41, 5.74) is 0.800. The zero-order valence-electron chi connectivity index (χ0n) is 14.9. The van der Waals surface area contributed by atoms with Crippen LogP contribution in [0.25, 0.3) is 11.2 Å². The van der Waals surface area contributed by atoms with Gasteiger partial charge in [0.05, 0.1) is 6.33 Å². The van der Waals surface area contributed by atoms with Crippen molar-refractivity contribution in [1.29, 1.82) is 5.26 Å². The first-order chi connectivity index (χ1) is 12.8. The quantitative estimate of drug-likeness (QED) is 0.781. The van der Waals surface area contributed by atoms with E-state index in [2.05, 4.69) is 20.3 Å². The number of hydrogen-bond acceptors (Lipinski definition) is 9. The number of aliphatic carboxylic acids is 1. The number of nitrogens with zero attached hydrogens (tertiary/aromatic N) is 5. The molecule has 0 spiro atoms. The number of nitrogens with one attached hydrogen (secondary N) is 1. The molecule has 4 rings (SSSR count). The second kappa shape index (κ2) is 6.12. The van der Waals surface area contributed by atoms with Crippen LogP contribution >= 0.6 is 0 Å². The lowest BCUT2D eigenvalue weighted by Crippen LogP contribution is -2.35. The number of ether oxygens (including phenoxy) is 3. The predicted molar refractivity (Wildman–Crippen MR) is 89.6 cm³/mol. The fourth-order valence-corrected chi connectivity index (χ4v) is 3.44. The van der Waals surface area contributed by atoms with E-state index < -0.39 is 36.3 Å². The number of hydrogen-bond donors (Lipinski definition) is 2. The van der Waals surface area contributed by atoms with E-state index in [1.807, 2.05) is 13.0 Å². The first-order valence-electron chi connectivity index (χ1n) is 8.47. The monoisotopic (exact) mass is 374 g/mol. The molecule has 4 heterocycles. The van der Waals surface area contributed by atoms with Crippen LogP contribution in [0.3, 0.4) is 0 Å². The molecule has 0 amide bonds. The van der Waals surface area contributed by atoms with Gasteiger partial charge in [0.1, 0.15) is 18.3 Å². The van der Waals surface area contributed by atoms with E-state index >= 15 is 0 Å². The zero-order valence-corrected chi connectivity index (χ0v) is 14.9. The maximum Gasteiger partial charge on any atom is 0.335 e. The topological polar surface area (TPSA) is 144 Å². The number of anilines is 1. The summed E-state index contributed by atoms with van der Waals surface area (Å²) in [7, 11) is 0. The third kappa shape index (κ3) is 2.78. The Morgan fingerprint density at radius 2 is 2.15 bits per heavy atom. The van der Waals surface area contributed by atoms with Crippen LogP contribution in [0, 0.1) is 11.3 Å². The molecule has 0 unspecified atom stereocenters. The summed E-state index contributed by atoms with van der Waals surface area (Å²) in [4.78, 5) is 24.3. The molecule has 0 aromatic carbocycles.